The van der Waals surface area contributed by atoms with Crippen molar-refractivity contribution in [3.8, 4) is 6.07 Å². The quantitative estimate of drug-likeness (QED) is 0.415. The maximum absolute atomic E-state index is 10.7. The summed E-state index contributed by atoms with van der Waals surface area (Å²) in [6.07, 6.45) is 3.82. The van der Waals surface area contributed by atoms with Crippen LogP contribution in [-0.2, 0) is 6.54 Å². The molecule has 1 aromatic heterocycles. The number of nitriles is 1. The van der Waals surface area contributed by atoms with Gasteiger partial charge in [0, 0.05) is 11.6 Å². The number of halogens is 6. The van der Waals surface area contributed by atoms with E-state index < -0.39 is 7.81 Å². The average molecular weight is 340 g/mol. The minimum absolute atomic E-state index is 0.688. The van der Waals surface area contributed by atoms with Crippen LogP contribution >= 0.6 is 7.81 Å². The van der Waals surface area contributed by atoms with Crippen molar-refractivity contribution < 1.29 is 29.7 Å². The van der Waals surface area contributed by atoms with Gasteiger partial charge in [-0.15, -0.1) is 0 Å². The summed E-state index contributed by atoms with van der Waals surface area (Å²) in [5, 5.41) is 8.76. The van der Waals surface area contributed by atoms with E-state index in [1.54, 1.807) is 0 Å². The second-order valence-corrected chi connectivity index (χ2v) is 6.24. The van der Waals surface area contributed by atoms with Crippen molar-refractivity contribution in [3.63, 3.8) is 0 Å². The molecule has 2 nitrogen and oxygen atoms in total. The van der Waals surface area contributed by atoms with Gasteiger partial charge in [0.2, 0.25) is 0 Å². The van der Waals surface area contributed by atoms with E-state index in [2.05, 4.69) is 18.2 Å². The Morgan fingerprint density at radius 3 is 1.95 bits per heavy atom. The molecule has 0 N–H and O–H groups in total. The number of hydrogen-bond acceptors (Lipinski definition) is 1. The molecule has 0 spiro atoms. The van der Waals surface area contributed by atoms with E-state index in [9.17, 15) is 25.2 Å². The molecule has 2 rings (SSSR count). The van der Waals surface area contributed by atoms with Crippen molar-refractivity contribution >= 4 is 7.81 Å². The van der Waals surface area contributed by atoms with E-state index >= 15 is 0 Å². The Morgan fingerprint density at radius 1 is 0.909 bits per heavy atom. The number of nitrogens with zero attached hydrogens (tertiary/aromatic N) is 2. The van der Waals surface area contributed by atoms with Gasteiger partial charge in [0.15, 0.2) is 18.9 Å². The van der Waals surface area contributed by atoms with Gasteiger partial charge in [-0.1, -0.05) is 30.3 Å². The molecule has 1 heterocycles. The first kappa shape index (κ1) is 17.9. The van der Waals surface area contributed by atoms with Crippen LogP contribution in [0.3, 0.4) is 0 Å². The third kappa shape index (κ3) is 10.6. The molecule has 2 aromatic rings. The fraction of sp³-hybridized carbons (Fsp3) is 0.0769. The number of hydrogen-bond donors (Lipinski definition) is 0. The van der Waals surface area contributed by atoms with Crippen molar-refractivity contribution in [1.82, 2.24) is 0 Å². The third-order valence-electron chi connectivity index (χ3n) is 2.20. The normalized spacial score (nSPS) is 13.9. The summed E-state index contributed by atoms with van der Waals surface area (Å²) < 4.78 is 61.2. The molecule has 0 amide bonds. The fourth-order valence-corrected chi connectivity index (χ4v) is 1.48. The maximum atomic E-state index is 9.87. The van der Waals surface area contributed by atoms with Crippen LogP contribution in [-0.4, -0.2) is 0 Å². The molecule has 120 valence electrons. The van der Waals surface area contributed by atoms with E-state index in [4.69, 9.17) is 5.26 Å². The maximum Gasteiger partial charge on any atom is 0.186 e. The topological polar surface area (TPSA) is 27.7 Å². The van der Waals surface area contributed by atoms with Crippen LogP contribution < -0.4 is 4.57 Å². The second kappa shape index (κ2) is 5.58. The minimum Gasteiger partial charge on any atom is -0.200 e. The number of aromatic nitrogens is 1. The molecule has 0 saturated heterocycles. The summed E-state index contributed by atoms with van der Waals surface area (Å²) in [4.78, 5) is 0. The van der Waals surface area contributed by atoms with E-state index in [0.29, 0.717) is 5.56 Å². The van der Waals surface area contributed by atoms with Gasteiger partial charge in [0.05, 0.1) is 0 Å². The molecule has 1 aromatic carbocycles. The second-order valence-electron chi connectivity index (χ2n) is 4.32. The van der Waals surface area contributed by atoms with E-state index in [1.807, 2.05) is 47.3 Å². The van der Waals surface area contributed by atoms with Gasteiger partial charge in [0.1, 0.15) is 11.6 Å². The Morgan fingerprint density at radius 2 is 1.45 bits per heavy atom. The molecule has 22 heavy (non-hydrogen) atoms. The predicted octanol–water partition coefficient (Wildman–Crippen LogP) is 5.28. The number of pyridine rings is 1. The predicted molar refractivity (Wildman–Crippen MR) is 70.5 cm³/mol. The molecule has 9 heteroatoms. The van der Waals surface area contributed by atoms with Crippen LogP contribution in [0.5, 0.6) is 0 Å². The Bertz CT molecular complexity index is 665. The molecule has 0 unspecified atom stereocenters. The molecule has 0 aliphatic rings. The molecule has 0 aliphatic carbocycles. The SMILES string of the molecule is F[P-](F)(F)(F)(F)F.N#Cc1ccc[n+](Cc2ccccc2)c1. The van der Waals surface area contributed by atoms with Gasteiger partial charge < -0.3 is 0 Å². The van der Waals surface area contributed by atoms with E-state index in [-0.39, 0.29) is 0 Å². The number of rotatable bonds is 2. The molecule has 0 radical (unpaired) electrons. The molecule has 0 atom stereocenters. The summed E-state index contributed by atoms with van der Waals surface area (Å²) in [6, 6.07) is 16.0. The van der Waals surface area contributed by atoms with E-state index in [0.717, 1.165) is 6.54 Å². The zero-order chi connectivity index (χ0) is 16.9. The summed E-state index contributed by atoms with van der Waals surface area (Å²) in [5.41, 5.74) is 1.92. The minimum atomic E-state index is -10.7. The van der Waals surface area contributed by atoms with Crippen LogP contribution in [0.15, 0.2) is 54.9 Å². The third-order valence-corrected chi connectivity index (χ3v) is 2.20. The van der Waals surface area contributed by atoms with Crippen molar-refractivity contribution in [3.05, 3.63) is 66.0 Å². The Balaban J connectivity index is 0.000000295. The van der Waals surface area contributed by atoms with Crippen molar-refractivity contribution in [2.24, 2.45) is 0 Å². The van der Waals surface area contributed by atoms with Crippen molar-refractivity contribution in [2.45, 2.75) is 6.54 Å². The number of benzene rings is 1. The molecular weight excluding hydrogens is 329 g/mol. The van der Waals surface area contributed by atoms with Gasteiger partial charge in [-0.05, 0) is 6.07 Å². The Hall–Kier alpha value is -2.13. The molecule has 0 bridgehead atoms. The van der Waals surface area contributed by atoms with Gasteiger partial charge in [-0.2, -0.15) is 9.83 Å². The van der Waals surface area contributed by atoms with Crippen LogP contribution in [0, 0.1) is 11.3 Å². The first-order valence-corrected chi connectivity index (χ1v) is 7.86. The van der Waals surface area contributed by atoms with E-state index in [1.165, 1.54) is 5.56 Å². The van der Waals surface area contributed by atoms with Crippen molar-refractivity contribution in [1.29, 1.82) is 5.26 Å². The summed E-state index contributed by atoms with van der Waals surface area (Å²) >= 11 is 0. The zero-order valence-electron chi connectivity index (χ0n) is 11.0. The molecule has 0 fully saturated rings. The summed E-state index contributed by atoms with van der Waals surface area (Å²) in [7, 11) is -10.7. The Labute approximate surface area is 122 Å². The average Bonchev–Trinajstić information content (AvgIpc) is 2.36. The monoisotopic (exact) mass is 340 g/mol. The standard InChI is InChI=1S/C13H11N2.F6P/c14-9-13-7-4-8-15(11-13)10-12-5-2-1-3-6-12;1-7(2,3,4,5)6/h1-8,11H,10H2;/q+1;-1. The molecular formula is C13H11F6N2P. The first-order chi connectivity index (χ1) is 9.83. The Kier molecular flexibility index (Phi) is 4.54. The summed E-state index contributed by atoms with van der Waals surface area (Å²) in [5.74, 6) is 0. The van der Waals surface area contributed by atoms with Crippen LogP contribution in [0.25, 0.3) is 0 Å². The fourth-order valence-electron chi connectivity index (χ4n) is 1.48. The van der Waals surface area contributed by atoms with Crippen LogP contribution in [0.1, 0.15) is 11.1 Å². The smallest absolute Gasteiger partial charge is 0.186 e. The largest absolute Gasteiger partial charge is 0.200 e. The van der Waals surface area contributed by atoms with Crippen LogP contribution in [0.2, 0.25) is 0 Å². The van der Waals surface area contributed by atoms with Gasteiger partial charge in [0.25, 0.3) is 0 Å². The molecule has 0 aliphatic heterocycles. The van der Waals surface area contributed by atoms with Gasteiger partial charge in [-0.25, -0.2) is 0 Å². The first-order valence-electron chi connectivity index (χ1n) is 5.83. The zero-order valence-corrected chi connectivity index (χ0v) is 11.9. The summed E-state index contributed by atoms with van der Waals surface area (Å²) in [6.45, 7) is 0.802. The van der Waals surface area contributed by atoms with Crippen LogP contribution in [0.4, 0.5) is 25.2 Å². The van der Waals surface area contributed by atoms with Gasteiger partial charge >= 0.3 is 33.0 Å². The molecule has 0 saturated carbocycles. The van der Waals surface area contributed by atoms with Crippen molar-refractivity contribution in [2.75, 3.05) is 0 Å². The van der Waals surface area contributed by atoms with Gasteiger partial charge in [-0.3, -0.25) is 0 Å².